The minimum Gasteiger partial charge on any atom is -0.336 e. The summed E-state index contributed by atoms with van der Waals surface area (Å²) in [4.78, 5) is 16.8. The van der Waals surface area contributed by atoms with E-state index in [0.717, 1.165) is 38.1 Å². The number of hydrogen-bond donors (Lipinski definition) is 1. The third kappa shape index (κ3) is 5.04. The normalized spacial score (nSPS) is 18.4. The van der Waals surface area contributed by atoms with Crippen LogP contribution in [0.4, 0.5) is 4.39 Å². The highest BCUT2D eigenvalue weighted by atomic mass is 35.5. The zero-order valence-corrected chi connectivity index (χ0v) is 21.2. The Morgan fingerprint density at radius 2 is 1.61 bits per heavy atom. The van der Waals surface area contributed by atoms with Crippen molar-refractivity contribution >= 4 is 27.5 Å². The number of rotatable bonds is 6. The van der Waals surface area contributed by atoms with E-state index in [9.17, 15) is 13.2 Å². The molecule has 3 aromatic carbocycles. The molecule has 1 amide bonds. The van der Waals surface area contributed by atoms with Crippen molar-refractivity contribution < 1.29 is 17.6 Å². The first-order chi connectivity index (χ1) is 17.3. The van der Waals surface area contributed by atoms with Crippen LogP contribution < -0.4 is 4.72 Å². The standard InChI is InChI=1S/C27H27ClFN3O3S/c28-23-17-24(29)25(16-22(23)27(33)32-15-14-31-13-7-12-21(31)18-32)36(34,35)30-26(19-8-3-1-4-9-19)20-10-5-2-6-11-20/h1-6,8-11,16-17,21,26,30H,7,12-15,18H2/t21-/m1/s1. The van der Waals surface area contributed by atoms with E-state index in [4.69, 9.17) is 11.6 Å². The molecule has 0 bridgehead atoms. The molecule has 0 radical (unpaired) electrons. The average Bonchev–Trinajstić information content (AvgIpc) is 3.36. The van der Waals surface area contributed by atoms with Crippen molar-refractivity contribution in [2.75, 3.05) is 26.2 Å². The van der Waals surface area contributed by atoms with Gasteiger partial charge in [0.15, 0.2) is 0 Å². The highest BCUT2D eigenvalue weighted by Gasteiger charge is 2.34. The number of halogens is 2. The monoisotopic (exact) mass is 527 g/mol. The van der Waals surface area contributed by atoms with E-state index in [-0.39, 0.29) is 16.5 Å². The Kier molecular flexibility index (Phi) is 7.12. The van der Waals surface area contributed by atoms with Gasteiger partial charge >= 0.3 is 0 Å². The SMILES string of the molecule is O=C(c1cc(S(=O)(=O)NC(c2ccccc2)c2ccccc2)c(F)cc1Cl)N1CCN2CCC[C@@H]2C1. The zero-order valence-electron chi connectivity index (χ0n) is 19.6. The molecule has 9 heteroatoms. The molecule has 36 heavy (non-hydrogen) atoms. The summed E-state index contributed by atoms with van der Waals surface area (Å²) in [5.74, 6) is -1.39. The number of nitrogens with zero attached hydrogens (tertiary/aromatic N) is 2. The molecule has 2 aliphatic heterocycles. The van der Waals surface area contributed by atoms with Gasteiger partial charge in [0.2, 0.25) is 10.0 Å². The molecular formula is C27H27ClFN3O3S. The number of fused-ring (bicyclic) bond motifs is 1. The lowest BCUT2D eigenvalue weighted by molar-refractivity contribution is 0.0571. The Labute approximate surface area is 215 Å². The first-order valence-electron chi connectivity index (χ1n) is 12.0. The molecule has 3 aromatic rings. The van der Waals surface area contributed by atoms with E-state index >= 15 is 4.39 Å². The summed E-state index contributed by atoms with van der Waals surface area (Å²) in [6, 6.07) is 19.6. The van der Waals surface area contributed by atoms with Crippen LogP contribution >= 0.6 is 11.6 Å². The van der Waals surface area contributed by atoms with Crippen molar-refractivity contribution in [2.24, 2.45) is 0 Å². The average molecular weight is 528 g/mol. The van der Waals surface area contributed by atoms with Gasteiger partial charge < -0.3 is 4.90 Å². The van der Waals surface area contributed by atoms with Crippen LogP contribution in [0.15, 0.2) is 77.7 Å². The quantitative estimate of drug-likeness (QED) is 0.513. The van der Waals surface area contributed by atoms with Gasteiger partial charge in [-0.3, -0.25) is 9.69 Å². The van der Waals surface area contributed by atoms with Crippen LogP contribution in [0.5, 0.6) is 0 Å². The van der Waals surface area contributed by atoms with Crippen LogP contribution in [0.25, 0.3) is 0 Å². The Bertz CT molecular complexity index is 1320. The summed E-state index contributed by atoms with van der Waals surface area (Å²) in [7, 11) is -4.37. The van der Waals surface area contributed by atoms with Crippen LogP contribution in [0, 0.1) is 5.82 Å². The fourth-order valence-electron chi connectivity index (χ4n) is 5.08. The van der Waals surface area contributed by atoms with Crippen LogP contribution in [0.2, 0.25) is 5.02 Å². The third-order valence-corrected chi connectivity index (χ3v) is 8.71. The van der Waals surface area contributed by atoms with E-state index in [2.05, 4.69) is 9.62 Å². The van der Waals surface area contributed by atoms with Gasteiger partial charge in [-0.25, -0.2) is 12.8 Å². The van der Waals surface area contributed by atoms with Crippen LogP contribution in [0.1, 0.15) is 40.4 Å². The Hall–Kier alpha value is -2.78. The minimum absolute atomic E-state index is 0.0131. The molecule has 0 aliphatic carbocycles. The van der Waals surface area contributed by atoms with Gasteiger partial charge in [-0.05, 0) is 42.6 Å². The van der Waals surface area contributed by atoms with Gasteiger partial charge in [0, 0.05) is 25.7 Å². The van der Waals surface area contributed by atoms with E-state index < -0.39 is 26.8 Å². The first-order valence-corrected chi connectivity index (χ1v) is 13.8. The predicted octanol–water partition coefficient (Wildman–Crippen LogP) is 4.47. The maximum atomic E-state index is 15.0. The first kappa shape index (κ1) is 24.9. The summed E-state index contributed by atoms with van der Waals surface area (Å²) in [5.41, 5.74) is 1.39. The molecule has 2 aliphatic rings. The van der Waals surface area contributed by atoms with Gasteiger partial charge in [-0.1, -0.05) is 72.3 Å². The summed E-state index contributed by atoms with van der Waals surface area (Å²) in [6.07, 6.45) is 2.12. The van der Waals surface area contributed by atoms with Crippen LogP contribution in [-0.4, -0.2) is 56.3 Å². The maximum absolute atomic E-state index is 15.0. The molecule has 188 valence electrons. The number of carbonyl (C=O) groups is 1. The Morgan fingerprint density at radius 3 is 2.25 bits per heavy atom. The number of amides is 1. The second-order valence-electron chi connectivity index (χ2n) is 9.22. The molecule has 2 saturated heterocycles. The summed E-state index contributed by atoms with van der Waals surface area (Å²) in [5, 5.41) is -0.104. The largest absolute Gasteiger partial charge is 0.336 e. The van der Waals surface area contributed by atoms with E-state index in [1.807, 2.05) is 36.4 Å². The smallest absolute Gasteiger partial charge is 0.255 e. The van der Waals surface area contributed by atoms with Crippen LogP contribution in [0.3, 0.4) is 0 Å². The zero-order chi connectivity index (χ0) is 25.3. The molecular weight excluding hydrogens is 501 g/mol. The summed E-state index contributed by atoms with van der Waals surface area (Å²) < 4.78 is 44.7. The Balaban J connectivity index is 1.47. The van der Waals surface area contributed by atoms with Crippen molar-refractivity contribution in [1.29, 1.82) is 0 Å². The van der Waals surface area contributed by atoms with E-state index in [0.29, 0.717) is 30.3 Å². The van der Waals surface area contributed by atoms with Crippen molar-refractivity contribution in [3.05, 3.63) is 100 Å². The second-order valence-corrected chi connectivity index (χ2v) is 11.3. The molecule has 1 N–H and O–H groups in total. The third-order valence-electron chi connectivity index (χ3n) is 6.95. The lowest BCUT2D eigenvalue weighted by Gasteiger charge is -2.37. The molecule has 2 fully saturated rings. The van der Waals surface area contributed by atoms with Gasteiger partial charge in [0.25, 0.3) is 5.91 Å². The second kappa shape index (κ2) is 10.3. The fraction of sp³-hybridized carbons (Fsp3) is 0.296. The van der Waals surface area contributed by atoms with Gasteiger partial charge in [0.05, 0.1) is 16.6 Å². The number of piperazine rings is 1. The molecule has 5 rings (SSSR count). The molecule has 6 nitrogen and oxygen atoms in total. The number of nitrogens with one attached hydrogen (secondary N) is 1. The lowest BCUT2D eigenvalue weighted by atomic mass is 10.00. The van der Waals surface area contributed by atoms with E-state index in [1.54, 1.807) is 29.2 Å². The molecule has 2 heterocycles. The summed E-state index contributed by atoms with van der Waals surface area (Å²) in [6.45, 7) is 2.87. The topological polar surface area (TPSA) is 69.7 Å². The van der Waals surface area contributed by atoms with Gasteiger partial charge in [-0.15, -0.1) is 0 Å². The highest BCUT2D eigenvalue weighted by molar-refractivity contribution is 7.89. The number of sulfonamides is 1. The highest BCUT2D eigenvalue weighted by Crippen LogP contribution is 2.30. The van der Waals surface area contributed by atoms with E-state index in [1.165, 1.54) is 0 Å². The molecule has 0 unspecified atom stereocenters. The Morgan fingerprint density at radius 1 is 0.972 bits per heavy atom. The maximum Gasteiger partial charge on any atom is 0.255 e. The van der Waals surface area contributed by atoms with Crippen LogP contribution in [-0.2, 0) is 10.0 Å². The summed E-state index contributed by atoms with van der Waals surface area (Å²) >= 11 is 6.26. The molecule has 1 atom stereocenters. The van der Waals surface area contributed by atoms with Crippen molar-refractivity contribution in [3.8, 4) is 0 Å². The minimum atomic E-state index is -4.37. The fourth-order valence-corrected chi connectivity index (χ4v) is 6.61. The van der Waals surface area contributed by atoms with Crippen molar-refractivity contribution in [3.63, 3.8) is 0 Å². The van der Waals surface area contributed by atoms with Gasteiger partial charge in [0.1, 0.15) is 10.7 Å². The molecule has 0 aromatic heterocycles. The lowest BCUT2D eigenvalue weighted by Crippen LogP contribution is -2.52. The molecule has 0 spiro atoms. The van der Waals surface area contributed by atoms with Gasteiger partial charge in [-0.2, -0.15) is 4.72 Å². The van der Waals surface area contributed by atoms with Crippen molar-refractivity contribution in [1.82, 2.24) is 14.5 Å². The molecule has 0 saturated carbocycles. The number of hydrogen-bond acceptors (Lipinski definition) is 4. The predicted molar refractivity (Wildman–Crippen MR) is 137 cm³/mol. The van der Waals surface area contributed by atoms with Crippen molar-refractivity contribution in [2.45, 2.75) is 29.8 Å². The number of carbonyl (C=O) groups excluding carboxylic acids is 1. The number of benzene rings is 3.